The van der Waals surface area contributed by atoms with Crippen molar-refractivity contribution >= 4 is 44.2 Å². The number of hydrogen-bond donors (Lipinski definition) is 1. The van der Waals surface area contributed by atoms with Gasteiger partial charge in [-0.25, -0.2) is 9.97 Å². The van der Waals surface area contributed by atoms with Gasteiger partial charge in [-0.15, -0.1) is 11.3 Å². The smallest absolute Gasteiger partial charge is 0.157 e. The number of ether oxygens (including phenoxy) is 1. The lowest BCUT2D eigenvalue weighted by atomic mass is 9.91. The van der Waals surface area contributed by atoms with Crippen LogP contribution in [0.4, 0.5) is 0 Å². The molecule has 0 aliphatic heterocycles. The van der Waals surface area contributed by atoms with Gasteiger partial charge in [0.05, 0.1) is 28.6 Å². The fourth-order valence-electron chi connectivity index (χ4n) is 4.43. The van der Waals surface area contributed by atoms with Crippen molar-refractivity contribution in [1.29, 1.82) is 0 Å². The van der Waals surface area contributed by atoms with E-state index < -0.39 is 11.7 Å². The number of pyridine rings is 1. The quantitative estimate of drug-likeness (QED) is 0.286. The number of fused-ring (bicyclic) bond motifs is 2. The molecule has 3 aromatic heterocycles. The number of nitrogens with zero attached hydrogens (tertiary/aromatic N) is 4. The van der Waals surface area contributed by atoms with E-state index in [1.54, 1.807) is 16.0 Å². The molecule has 6 nitrogen and oxygen atoms in total. The van der Waals surface area contributed by atoms with Crippen molar-refractivity contribution in [3.8, 4) is 21.7 Å². The third kappa shape index (κ3) is 4.57. The maximum absolute atomic E-state index is 10.4. The van der Waals surface area contributed by atoms with Crippen LogP contribution in [0.2, 0.25) is 5.02 Å². The highest BCUT2D eigenvalue weighted by Crippen LogP contribution is 2.44. The highest BCUT2D eigenvalue weighted by molar-refractivity contribution is 7.22. The highest BCUT2D eigenvalue weighted by atomic mass is 35.5. The first-order valence-corrected chi connectivity index (χ1v) is 12.6. The van der Waals surface area contributed by atoms with Crippen LogP contribution in [0.5, 0.6) is 0 Å². The van der Waals surface area contributed by atoms with Gasteiger partial charge in [-0.2, -0.15) is 5.10 Å². The second-order valence-corrected chi connectivity index (χ2v) is 11.1. The van der Waals surface area contributed by atoms with Crippen molar-refractivity contribution in [2.45, 2.75) is 39.4 Å². The fraction of sp³-hybridized carbons (Fsp3) is 0.296. The topological polar surface area (TPSA) is 73.1 Å². The number of benzene rings is 2. The minimum Gasteiger partial charge on any atom is -0.393 e. The van der Waals surface area contributed by atoms with E-state index in [0.29, 0.717) is 5.02 Å². The van der Waals surface area contributed by atoms with E-state index in [2.05, 4.69) is 22.2 Å². The number of rotatable bonds is 5. The Kier molecular flexibility index (Phi) is 6.13. The van der Waals surface area contributed by atoms with Crippen LogP contribution in [0, 0.1) is 6.92 Å². The average Bonchev–Trinajstić information content (AvgIpc) is 3.40. The molecule has 0 fully saturated rings. The normalized spacial score (nSPS) is 13.1. The SMILES string of the molecule is Cc1cc2nc(-c3cnc4c(cnn4C)c3)sc2c(-c2ccc(Cl)cc2)c1C(CO)OC(C)(C)C. The maximum atomic E-state index is 10.4. The van der Waals surface area contributed by atoms with Crippen molar-refractivity contribution in [3.63, 3.8) is 0 Å². The van der Waals surface area contributed by atoms with Gasteiger partial charge in [0.2, 0.25) is 0 Å². The molecule has 0 spiro atoms. The van der Waals surface area contributed by atoms with Crippen molar-refractivity contribution in [2.75, 3.05) is 6.61 Å². The Hall–Kier alpha value is -2.84. The summed E-state index contributed by atoms with van der Waals surface area (Å²) in [5, 5.41) is 17.2. The van der Waals surface area contributed by atoms with Crippen LogP contribution in [0.15, 0.2) is 48.8 Å². The summed E-state index contributed by atoms with van der Waals surface area (Å²) in [5.74, 6) is 0. The van der Waals surface area contributed by atoms with E-state index in [-0.39, 0.29) is 6.61 Å². The first-order chi connectivity index (χ1) is 16.6. The minimum absolute atomic E-state index is 0.128. The molecule has 0 amide bonds. The third-order valence-electron chi connectivity index (χ3n) is 5.86. The van der Waals surface area contributed by atoms with Crippen molar-refractivity contribution in [1.82, 2.24) is 19.7 Å². The van der Waals surface area contributed by atoms with Crippen LogP contribution in [0.1, 0.15) is 38.0 Å². The summed E-state index contributed by atoms with van der Waals surface area (Å²) >= 11 is 7.82. The molecule has 0 radical (unpaired) electrons. The largest absolute Gasteiger partial charge is 0.393 e. The summed E-state index contributed by atoms with van der Waals surface area (Å²) in [7, 11) is 1.88. The molecule has 0 saturated carbocycles. The van der Waals surface area contributed by atoms with Crippen molar-refractivity contribution in [3.05, 3.63) is 64.9 Å². The summed E-state index contributed by atoms with van der Waals surface area (Å²) in [5.41, 5.74) is 6.25. The van der Waals surface area contributed by atoms with Crippen molar-refractivity contribution in [2.24, 2.45) is 7.05 Å². The Morgan fingerprint density at radius 3 is 2.54 bits per heavy atom. The molecule has 1 atom stereocenters. The monoisotopic (exact) mass is 506 g/mol. The van der Waals surface area contributed by atoms with Crippen LogP contribution >= 0.6 is 22.9 Å². The van der Waals surface area contributed by atoms with Gasteiger partial charge in [-0.3, -0.25) is 4.68 Å². The lowest BCUT2D eigenvalue weighted by Crippen LogP contribution is -2.25. The Balaban J connectivity index is 1.75. The average molecular weight is 507 g/mol. The van der Waals surface area contributed by atoms with E-state index in [0.717, 1.165) is 54.1 Å². The summed E-state index contributed by atoms with van der Waals surface area (Å²) in [4.78, 5) is 9.58. The van der Waals surface area contributed by atoms with Gasteiger partial charge in [0.25, 0.3) is 0 Å². The zero-order chi connectivity index (χ0) is 24.9. The van der Waals surface area contributed by atoms with Gasteiger partial charge in [0, 0.05) is 34.8 Å². The molecule has 1 unspecified atom stereocenters. The zero-order valence-corrected chi connectivity index (χ0v) is 21.9. The van der Waals surface area contributed by atoms with Crippen LogP contribution in [0.3, 0.4) is 0 Å². The fourth-order valence-corrected chi connectivity index (χ4v) is 5.66. The summed E-state index contributed by atoms with van der Waals surface area (Å²) in [6.45, 7) is 7.91. The lowest BCUT2D eigenvalue weighted by Gasteiger charge is -2.29. The summed E-state index contributed by atoms with van der Waals surface area (Å²) in [6.07, 6.45) is 3.18. The molecule has 1 N–H and O–H groups in total. The number of aliphatic hydroxyl groups excluding tert-OH is 1. The molecule has 0 aliphatic rings. The Morgan fingerprint density at radius 2 is 1.86 bits per heavy atom. The van der Waals surface area contributed by atoms with E-state index in [4.69, 9.17) is 21.3 Å². The number of halogens is 1. The molecule has 8 heteroatoms. The van der Waals surface area contributed by atoms with Gasteiger partial charge in [-0.1, -0.05) is 23.7 Å². The third-order valence-corrected chi connectivity index (χ3v) is 7.25. The summed E-state index contributed by atoms with van der Waals surface area (Å²) in [6, 6.07) is 11.9. The molecule has 0 saturated heterocycles. The van der Waals surface area contributed by atoms with E-state index in [1.807, 2.05) is 71.4 Å². The number of aromatic nitrogens is 4. The molecule has 5 aromatic rings. The molecular weight excluding hydrogens is 480 g/mol. The second-order valence-electron chi connectivity index (χ2n) is 9.66. The van der Waals surface area contributed by atoms with Crippen molar-refractivity contribution < 1.29 is 9.84 Å². The van der Waals surface area contributed by atoms with Crippen LogP contribution < -0.4 is 0 Å². The molecule has 0 aliphatic carbocycles. The van der Waals surface area contributed by atoms with Gasteiger partial charge in [0.1, 0.15) is 11.1 Å². The predicted molar refractivity (Wildman–Crippen MR) is 143 cm³/mol. The molecule has 35 heavy (non-hydrogen) atoms. The molecule has 3 heterocycles. The molecule has 0 bridgehead atoms. The minimum atomic E-state index is -0.482. The van der Waals surface area contributed by atoms with E-state index in [1.165, 1.54) is 0 Å². The molecule has 2 aromatic carbocycles. The standard InChI is InChI=1S/C27H27ClN4O2S/c1-15-10-20-24(35-26(31-20)18-11-17-13-30-32(5)25(17)29-12-18)23(16-6-8-19(28)9-7-16)22(15)21(14-33)34-27(2,3)4/h6-13,21,33H,14H2,1-5H3. The van der Waals surface area contributed by atoms with Crippen LogP contribution in [0.25, 0.3) is 42.9 Å². The number of thiazole rings is 1. The molecule has 5 rings (SSSR count). The molecular formula is C27H27ClN4O2S. The summed E-state index contributed by atoms with van der Waals surface area (Å²) < 4.78 is 9.11. The maximum Gasteiger partial charge on any atom is 0.157 e. The van der Waals surface area contributed by atoms with Crippen LogP contribution in [-0.4, -0.2) is 37.1 Å². The Morgan fingerprint density at radius 1 is 1.11 bits per heavy atom. The highest BCUT2D eigenvalue weighted by Gasteiger charge is 2.27. The number of hydrogen-bond acceptors (Lipinski definition) is 6. The van der Waals surface area contributed by atoms with Gasteiger partial charge < -0.3 is 9.84 Å². The second kappa shape index (κ2) is 8.99. The first-order valence-electron chi connectivity index (χ1n) is 11.4. The van der Waals surface area contributed by atoms with Crippen LogP contribution in [-0.2, 0) is 11.8 Å². The Bertz CT molecular complexity index is 1530. The van der Waals surface area contributed by atoms with Gasteiger partial charge in [0.15, 0.2) is 5.65 Å². The van der Waals surface area contributed by atoms with Gasteiger partial charge in [-0.05, 0) is 68.7 Å². The zero-order valence-electron chi connectivity index (χ0n) is 20.3. The molecule has 180 valence electrons. The first kappa shape index (κ1) is 23.9. The predicted octanol–water partition coefficient (Wildman–Crippen LogP) is 6.72. The van der Waals surface area contributed by atoms with E-state index in [9.17, 15) is 5.11 Å². The number of aryl methyl sites for hydroxylation is 2. The Labute approximate surface area is 213 Å². The van der Waals surface area contributed by atoms with E-state index >= 15 is 0 Å². The lowest BCUT2D eigenvalue weighted by molar-refractivity contribution is -0.0821. The number of aliphatic hydroxyl groups is 1. The van der Waals surface area contributed by atoms with Gasteiger partial charge >= 0.3 is 0 Å².